The number of carbonyl (C=O) groups is 1. The smallest absolute Gasteiger partial charge is 0.230 e. The van der Waals surface area contributed by atoms with Crippen LogP contribution >= 0.6 is 11.8 Å². The molecule has 0 saturated heterocycles. The highest BCUT2D eigenvalue weighted by atomic mass is 32.2. The first kappa shape index (κ1) is 17.5. The van der Waals surface area contributed by atoms with Crippen molar-refractivity contribution in [1.82, 2.24) is 14.8 Å². The molecule has 23 heavy (non-hydrogen) atoms. The summed E-state index contributed by atoms with van der Waals surface area (Å²) in [6.45, 7) is 11.1. The Hall–Kier alpha value is -1.82. The normalized spacial score (nSPS) is 13.1. The van der Waals surface area contributed by atoms with Gasteiger partial charge in [0.25, 0.3) is 0 Å². The van der Waals surface area contributed by atoms with Crippen molar-refractivity contribution in [3.8, 4) is 11.4 Å². The molecule has 0 fully saturated rings. The van der Waals surface area contributed by atoms with Gasteiger partial charge in [0.1, 0.15) is 0 Å². The van der Waals surface area contributed by atoms with Crippen LogP contribution in [0.2, 0.25) is 0 Å². The van der Waals surface area contributed by atoms with Crippen molar-refractivity contribution in [3.63, 3.8) is 0 Å². The van der Waals surface area contributed by atoms with Gasteiger partial charge in [-0.15, -0.1) is 10.2 Å². The van der Waals surface area contributed by atoms with Crippen LogP contribution in [0.15, 0.2) is 29.4 Å². The van der Waals surface area contributed by atoms with Crippen molar-refractivity contribution in [2.24, 2.45) is 5.73 Å². The highest BCUT2D eigenvalue weighted by Gasteiger charge is 2.19. The van der Waals surface area contributed by atoms with Gasteiger partial charge in [-0.25, -0.2) is 0 Å². The summed E-state index contributed by atoms with van der Waals surface area (Å²) in [6.07, 6.45) is 0. The molecule has 1 aromatic heterocycles. The minimum absolute atomic E-state index is 0.120. The van der Waals surface area contributed by atoms with Gasteiger partial charge in [-0.05, 0) is 24.8 Å². The summed E-state index contributed by atoms with van der Waals surface area (Å²) in [7, 11) is 0. The molecule has 5 nitrogen and oxygen atoms in total. The molecule has 6 heteroatoms. The monoisotopic (exact) mass is 332 g/mol. The molecule has 0 aliphatic carbocycles. The Balaban J connectivity index is 2.33. The summed E-state index contributed by atoms with van der Waals surface area (Å²) in [5, 5.41) is 8.91. The number of hydrogen-bond acceptors (Lipinski definition) is 4. The molecular weight excluding hydrogens is 308 g/mol. The van der Waals surface area contributed by atoms with Crippen LogP contribution in [0, 0.1) is 0 Å². The first-order valence-corrected chi connectivity index (χ1v) is 8.62. The molecule has 0 saturated carbocycles. The lowest BCUT2D eigenvalue weighted by atomic mass is 9.87. The van der Waals surface area contributed by atoms with Gasteiger partial charge in [0.2, 0.25) is 5.91 Å². The highest BCUT2D eigenvalue weighted by Crippen LogP contribution is 2.28. The van der Waals surface area contributed by atoms with Gasteiger partial charge in [-0.1, -0.05) is 56.8 Å². The Kier molecular flexibility index (Phi) is 5.14. The maximum atomic E-state index is 11.3. The Labute approximate surface area is 141 Å². The largest absolute Gasteiger partial charge is 0.369 e. The number of benzene rings is 1. The summed E-state index contributed by atoms with van der Waals surface area (Å²) >= 11 is 1.34. The highest BCUT2D eigenvalue weighted by molar-refractivity contribution is 8.00. The van der Waals surface area contributed by atoms with Crippen molar-refractivity contribution in [2.45, 2.75) is 57.0 Å². The van der Waals surface area contributed by atoms with Crippen LogP contribution in [-0.4, -0.2) is 25.9 Å². The number of amides is 1. The second-order valence-corrected chi connectivity index (χ2v) is 7.85. The van der Waals surface area contributed by atoms with Gasteiger partial charge in [0.15, 0.2) is 11.0 Å². The standard InChI is InChI=1S/C17H24N4OS/c1-6-21-15(19-20-16(21)23-11(2)14(18)22)12-7-9-13(10-8-12)17(3,4)5/h7-11H,6H2,1-5H3,(H2,18,22)/t11-/m0/s1. The number of hydrogen-bond donors (Lipinski definition) is 1. The molecule has 0 radical (unpaired) electrons. The molecule has 124 valence electrons. The van der Waals surface area contributed by atoms with Crippen molar-refractivity contribution >= 4 is 17.7 Å². The quantitative estimate of drug-likeness (QED) is 0.853. The van der Waals surface area contributed by atoms with Crippen LogP contribution in [0.1, 0.15) is 40.2 Å². The minimum atomic E-state index is -0.350. The van der Waals surface area contributed by atoms with E-state index in [0.717, 1.165) is 17.9 Å². The van der Waals surface area contributed by atoms with Crippen LogP contribution in [-0.2, 0) is 16.8 Å². The first-order chi connectivity index (χ1) is 10.7. The third kappa shape index (κ3) is 3.93. The van der Waals surface area contributed by atoms with Crippen molar-refractivity contribution in [2.75, 3.05) is 0 Å². The Bertz CT molecular complexity index is 686. The average Bonchev–Trinajstić information content (AvgIpc) is 2.89. The van der Waals surface area contributed by atoms with Crippen molar-refractivity contribution in [3.05, 3.63) is 29.8 Å². The summed E-state index contributed by atoms with van der Waals surface area (Å²) in [5.41, 5.74) is 7.75. The van der Waals surface area contributed by atoms with Crippen LogP contribution in [0.3, 0.4) is 0 Å². The summed E-state index contributed by atoms with van der Waals surface area (Å²) in [4.78, 5) is 11.3. The number of carbonyl (C=O) groups excluding carboxylic acids is 1. The van der Waals surface area contributed by atoms with Gasteiger partial charge in [0.05, 0.1) is 5.25 Å². The van der Waals surface area contributed by atoms with Crippen LogP contribution in [0.4, 0.5) is 0 Å². The van der Waals surface area contributed by atoms with Crippen molar-refractivity contribution in [1.29, 1.82) is 0 Å². The van der Waals surface area contributed by atoms with Gasteiger partial charge >= 0.3 is 0 Å². The fourth-order valence-corrected chi connectivity index (χ4v) is 3.07. The van der Waals surface area contributed by atoms with E-state index in [2.05, 4.69) is 55.2 Å². The Morgan fingerprint density at radius 3 is 2.35 bits per heavy atom. The summed E-state index contributed by atoms with van der Waals surface area (Å²) in [6, 6.07) is 8.40. The van der Waals surface area contributed by atoms with E-state index in [1.54, 1.807) is 6.92 Å². The van der Waals surface area contributed by atoms with E-state index >= 15 is 0 Å². The number of aromatic nitrogens is 3. The van der Waals surface area contributed by atoms with E-state index in [1.165, 1.54) is 17.3 Å². The second kappa shape index (κ2) is 6.74. The van der Waals surface area contributed by atoms with Gasteiger partial charge in [0, 0.05) is 12.1 Å². The predicted molar refractivity (Wildman–Crippen MR) is 94.3 cm³/mol. The Morgan fingerprint density at radius 1 is 1.26 bits per heavy atom. The lowest BCUT2D eigenvalue weighted by Crippen LogP contribution is -2.23. The van der Waals surface area contributed by atoms with E-state index < -0.39 is 0 Å². The third-order valence-electron chi connectivity index (χ3n) is 3.73. The predicted octanol–water partition coefficient (Wildman–Crippen LogP) is 3.23. The van der Waals surface area contributed by atoms with Crippen molar-refractivity contribution < 1.29 is 4.79 Å². The fourth-order valence-electron chi connectivity index (χ4n) is 2.21. The maximum absolute atomic E-state index is 11.3. The zero-order valence-corrected chi connectivity index (χ0v) is 15.1. The summed E-state index contributed by atoms with van der Waals surface area (Å²) in [5.74, 6) is 0.462. The van der Waals surface area contributed by atoms with E-state index in [-0.39, 0.29) is 16.6 Å². The molecule has 1 atom stereocenters. The Morgan fingerprint density at radius 2 is 1.87 bits per heavy atom. The topological polar surface area (TPSA) is 73.8 Å². The molecule has 0 spiro atoms. The van der Waals surface area contributed by atoms with Gasteiger partial charge in [-0.3, -0.25) is 4.79 Å². The molecule has 1 aromatic carbocycles. The maximum Gasteiger partial charge on any atom is 0.230 e. The number of nitrogens with two attached hydrogens (primary N) is 1. The second-order valence-electron chi connectivity index (χ2n) is 6.54. The molecule has 2 N–H and O–H groups in total. The van der Waals surface area contributed by atoms with Crippen LogP contribution < -0.4 is 5.73 Å². The number of primary amides is 1. The van der Waals surface area contributed by atoms with Gasteiger partial charge in [-0.2, -0.15) is 0 Å². The van der Waals surface area contributed by atoms with Crippen LogP contribution in [0.5, 0.6) is 0 Å². The first-order valence-electron chi connectivity index (χ1n) is 7.74. The fraction of sp³-hybridized carbons (Fsp3) is 0.471. The molecule has 1 amide bonds. The third-order valence-corrected chi connectivity index (χ3v) is 4.82. The van der Waals surface area contributed by atoms with E-state index in [9.17, 15) is 4.79 Å². The van der Waals surface area contributed by atoms with E-state index in [1.807, 2.05) is 11.5 Å². The molecule has 1 heterocycles. The van der Waals surface area contributed by atoms with Crippen LogP contribution in [0.25, 0.3) is 11.4 Å². The van der Waals surface area contributed by atoms with Gasteiger partial charge < -0.3 is 10.3 Å². The lowest BCUT2D eigenvalue weighted by molar-refractivity contribution is -0.117. The van der Waals surface area contributed by atoms with E-state index in [4.69, 9.17) is 5.73 Å². The SMILES string of the molecule is CCn1c(S[C@@H](C)C(N)=O)nnc1-c1ccc(C(C)(C)C)cc1. The zero-order chi connectivity index (χ0) is 17.2. The molecular formula is C17H24N4OS. The molecule has 0 unspecified atom stereocenters. The molecule has 0 aliphatic heterocycles. The molecule has 2 aromatic rings. The molecule has 0 bridgehead atoms. The summed E-state index contributed by atoms with van der Waals surface area (Å²) < 4.78 is 2.01. The average molecular weight is 332 g/mol. The number of thioether (sulfide) groups is 1. The number of nitrogens with zero attached hydrogens (tertiary/aromatic N) is 3. The number of rotatable bonds is 5. The molecule has 0 aliphatic rings. The molecule has 2 rings (SSSR count). The van der Waals surface area contributed by atoms with E-state index in [0.29, 0.717) is 5.16 Å². The zero-order valence-electron chi connectivity index (χ0n) is 14.3. The lowest BCUT2D eigenvalue weighted by Gasteiger charge is -2.19. The minimum Gasteiger partial charge on any atom is -0.369 e.